The average Bonchev–Trinajstić information content (AvgIpc) is 3.37. The van der Waals surface area contributed by atoms with Gasteiger partial charge in [0.1, 0.15) is 0 Å². The first-order valence-electron chi connectivity index (χ1n) is 9.56. The Kier molecular flexibility index (Phi) is 4.95. The third-order valence-electron chi connectivity index (χ3n) is 5.19. The molecule has 2 aromatic carbocycles. The van der Waals surface area contributed by atoms with Crippen molar-refractivity contribution in [2.24, 2.45) is 0 Å². The van der Waals surface area contributed by atoms with Crippen LogP contribution in [0, 0.1) is 0 Å². The van der Waals surface area contributed by atoms with Crippen LogP contribution >= 0.6 is 0 Å². The van der Waals surface area contributed by atoms with Crippen molar-refractivity contribution in [3.8, 4) is 0 Å². The van der Waals surface area contributed by atoms with Crippen LogP contribution in [-0.2, 0) is 0 Å². The molecule has 2 aliphatic rings. The van der Waals surface area contributed by atoms with E-state index in [1.807, 2.05) is 24.3 Å². The molecule has 26 heavy (non-hydrogen) atoms. The molecule has 2 N–H and O–H groups in total. The van der Waals surface area contributed by atoms with Gasteiger partial charge >= 0.3 is 6.03 Å². The first-order chi connectivity index (χ1) is 12.8. The Labute approximate surface area is 155 Å². The summed E-state index contributed by atoms with van der Waals surface area (Å²) in [5.41, 5.74) is 4.06. The number of anilines is 4. The average molecular weight is 350 g/mol. The van der Waals surface area contributed by atoms with Crippen LogP contribution in [0.1, 0.15) is 25.7 Å². The number of benzene rings is 2. The second-order valence-electron chi connectivity index (χ2n) is 7.06. The van der Waals surface area contributed by atoms with Crippen molar-refractivity contribution in [3.63, 3.8) is 0 Å². The maximum atomic E-state index is 12.2. The molecule has 5 nitrogen and oxygen atoms in total. The smallest absolute Gasteiger partial charge is 0.323 e. The van der Waals surface area contributed by atoms with Gasteiger partial charge in [0, 0.05) is 48.9 Å². The van der Waals surface area contributed by atoms with Gasteiger partial charge < -0.3 is 20.4 Å². The first kappa shape index (κ1) is 16.8. The summed E-state index contributed by atoms with van der Waals surface area (Å²) in [6, 6.07) is 15.9. The van der Waals surface area contributed by atoms with E-state index in [2.05, 4.69) is 44.7 Å². The van der Waals surface area contributed by atoms with Crippen LogP contribution in [0.2, 0.25) is 0 Å². The predicted molar refractivity (Wildman–Crippen MR) is 108 cm³/mol. The van der Waals surface area contributed by atoms with Crippen molar-refractivity contribution < 1.29 is 4.79 Å². The number of nitrogens with one attached hydrogen (secondary N) is 2. The highest BCUT2D eigenvalue weighted by atomic mass is 16.2. The Hall–Kier alpha value is -2.69. The number of carbonyl (C=O) groups is 1. The molecule has 0 aliphatic carbocycles. The second-order valence-corrected chi connectivity index (χ2v) is 7.06. The number of hydrogen-bond acceptors (Lipinski definition) is 3. The van der Waals surface area contributed by atoms with Crippen LogP contribution in [0.4, 0.5) is 27.5 Å². The van der Waals surface area contributed by atoms with Gasteiger partial charge in [0.15, 0.2) is 0 Å². The Morgan fingerprint density at radius 1 is 0.615 bits per heavy atom. The fraction of sp³-hybridized carbons (Fsp3) is 0.381. The van der Waals surface area contributed by atoms with E-state index in [0.29, 0.717) is 0 Å². The monoisotopic (exact) mass is 350 g/mol. The molecule has 0 spiro atoms. The maximum Gasteiger partial charge on any atom is 0.323 e. The highest BCUT2D eigenvalue weighted by molar-refractivity contribution is 5.99. The number of urea groups is 1. The molecular weight excluding hydrogens is 324 g/mol. The van der Waals surface area contributed by atoms with E-state index in [1.54, 1.807) is 0 Å². The predicted octanol–water partition coefficient (Wildman–Crippen LogP) is 4.53. The standard InChI is InChI=1S/C21H26N4O/c26-21(22-17-5-9-19(10-6-17)24-13-1-2-14-24)23-18-7-11-20(12-8-18)25-15-3-4-16-25/h5-12H,1-4,13-16H2,(H2,22,23,26). The molecule has 0 radical (unpaired) electrons. The van der Waals surface area contributed by atoms with Crippen molar-refractivity contribution >= 4 is 28.8 Å². The van der Waals surface area contributed by atoms with E-state index in [0.717, 1.165) is 37.6 Å². The third-order valence-corrected chi connectivity index (χ3v) is 5.19. The van der Waals surface area contributed by atoms with E-state index in [-0.39, 0.29) is 6.03 Å². The lowest BCUT2D eigenvalue weighted by atomic mass is 10.2. The summed E-state index contributed by atoms with van der Waals surface area (Å²) in [6.45, 7) is 4.50. The fourth-order valence-corrected chi connectivity index (χ4v) is 3.76. The minimum Gasteiger partial charge on any atom is -0.372 e. The van der Waals surface area contributed by atoms with E-state index < -0.39 is 0 Å². The third kappa shape index (κ3) is 3.93. The van der Waals surface area contributed by atoms with Gasteiger partial charge in [0.05, 0.1) is 0 Å². The van der Waals surface area contributed by atoms with Crippen LogP contribution in [0.25, 0.3) is 0 Å². The van der Waals surface area contributed by atoms with E-state index >= 15 is 0 Å². The fourth-order valence-electron chi connectivity index (χ4n) is 3.76. The van der Waals surface area contributed by atoms with Gasteiger partial charge in [-0.2, -0.15) is 0 Å². The first-order valence-corrected chi connectivity index (χ1v) is 9.56. The summed E-state index contributed by atoms with van der Waals surface area (Å²) in [5, 5.41) is 5.80. The molecule has 136 valence electrons. The molecule has 2 fully saturated rings. The molecule has 0 aromatic heterocycles. The molecule has 0 unspecified atom stereocenters. The number of amides is 2. The Balaban J connectivity index is 1.31. The molecule has 4 rings (SSSR count). The SMILES string of the molecule is O=C(Nc1ccc(N2CCCC2)cc1)Nc1ccc(N2CCCC2)cc1. The molecular formula is C21H26N4O. The van der Waals surface area contributed by atoms with Gasteiger partial charge in [0.2, 0.25) is 0 Å². The highest BCUT2D eigenvalue weighted by Gasteiger charge is 2.13. The van der Waals surface area contributed by atoms with Crippen LogP contribution in [0.15, 0.2) is 48.5 Å². The Morgan fingerprint density at radius 3 is 1.31 bits per heavy atom. The normalized spacial score (nSPS) is 16.8. The Bertz CT molecular complexity index is 666. The molecule has 2 saturated heterocycles. The van der Waals surface area contributed by atoms with Crippen LogP contribution in [0.5, 0.6) is 0 Å². The van der Waals surface area contributed by atoms with Gasteiger partial charge in [-0.3, -0.25) is 0 Å². The zero-order valence-electron chi connectivity index (χ0n) is 15.1. The van der Waals surface area contributed by atoms with Crippen molar-refractivity contribution in [1.82, 2.24) is 0 Å². The van der Waals surface area contributed by atoms with E-state index in [4.69, 9.17) is 0 Å². The summed E-state index contributed by atoms with van der Waals surface area (Å²) < 4.78 is 0. The van der Waals surface area contributed by atoms with E-state index in [9.17, 15) is 4.79 Å². The van der Waals surface area contributed by atoms with Crippen LogP contribution < -0.4 is 20.4 Å². The van der Waals surface area contributed by atoms with Crippen molar-refractivity contribution in [2.75, 3.05) is 46.6 Å². The van der Waals surface area contributed by atoms with E-state index in [1.165, 1.54) is 37.1 Å². The van der Waals surface area contributed by atoms with Gasteiger partial charge in [-0.1, -0.05) is 0 Å². The molecule has 2 heterocycles. The van der Waals surface area contributed by atoms with Gasteiger partial charge in [-0.15, -0.1) is 0 Å². The summed E-state index contributed by atoms with van der Waals surface area (Å²) >= 11 is 0. The lowest BCUT2D eigenvalue weighted by Crippen LogP contribution is -2.20. The quantitative estimate of drug-likeness (QED) is 0.851. The number of nitrogens with zero attached hydrogens (tertiary/aromatic N) is 2. The number of carbonyl (C=O) groups excluding carboxylic acids is 1. The molecule has 2 amide bonds. The van der Waals surface area contributed by atoms with Gasteiger partial charge in [-0.25, -0.2) is 4.79 Å². The highest BCUT2D eigenvalue weighted by Crippen LogP contribution is 2.23. The molecule has 2 aromatic rings. The molecule has 2 aliphatic heterocycles. The van der Waals surface area contributed by atoms with Gasteiger partial charge in [0.25, 0.3) is 0 Å². The molecule has 0 bridgehead atoms. The largest absolute Gasteiger partial charge is 0.372 e. The van der Waals surface area contributed by atoms with Crippen molar-refractivity contribution in [3.05, 3.63) is 48.5 Å². The minimum atomic E-state index is -0.215. The van der Waals surface area contributed by atoms with Crippen LogP contribution in [0.3, 0.4) is 0 Å². The van der Waals surface area contributed by atoms with Crippen molar-refractivity contribution in [2.45, 2.75) is 25.7 Å². The maximum absolute atomic E-state index is 12.2. The summed E-state index contributed by atoms with van der Waals surface area (Å²) in [4.78, 5) is 17.0. The zero-order chi connectivity index (χ0) is 17.8. The summed E-state index contributed by atoms with van der Waals surface area (Å²) in [7, 11) is 0. The summed E-state index contributed by atoms with van der Waals surface area (Å²) in [5.74, 6) is 0. The molecule has 0 atom stereocenters. The summed E-state index contributed by atoms with van der Waals surface area (Å²) in [6.07, 6.45) is 5.05. The lowest BCUT2D eigenvalue weighted by Gasteiger charge is -2.18. The zero-order valence-corrected chi connectivity index (χ0v) is 15.1. The number of hydrogen-bond donors (Lipinski definition) is 2. The molecule has 0 saturated carbocycles. The molecule has 5 heteroatoms. The lowest BCUT2D eigenvalue weighted by molar-refractivity contribution is 0.262. The van der Waals surface area contributed by atoms with Crippen molar-refractivity contribution in [1.29, 1.82) is 0 Å². The topological polar surface area (TPSA) is 47.6 Å². The number of rotatable bonds is 4. The minimum absolute atomic E-state index is 0.215. The van der Waals surface area contributed by atoms with Crippen LogP contribution in [-0.4, -0.2) is 32.2 Å². The van der Waals surface area contributed by atoms with Gasteiger partial charge in [-0.05, 0) is 74.2 Å². The Morgan fingerprint density at radius 2 is 0.962 bits per heavy atom. The second kappa shape index (κ2) is 7.68.